The summed E-state index contributed by atoms with van der Waals surface area (Å²) in [4.78, 5) is 47.6. The highest BCUT2D eigenvalue weighted by Crippen LogP contribution is 2.37. The van der Waals surface area contributed by atoms with Gasteiger partial charge in [-0.25, -0.2) is 4.98 Å². The molecule has 1 aliphatic heterocycles. The van der Waals surface area contributed by atoms with Gasteiger partial charge >= 0.3 is 0 Å². The number of hydrogen-bond acceptors (Lipinski definition) is 6. The summed E-state index contributed by atoms with van der Waals surface area (Å²) >= 11 is 3.16. The molecule has 3 aromatic rings. The van der Waals surface area contributed by atoms with Gasteiger partial charge in [-0.3, -0.25) is 23.9 Å². The predicted octanol–water partition coefficient (Wildman–Crippen LogP) is 4.84. The van der Waals surface area contributed by atoms with Crippen LogP contribution in [0, 0.1) is 0 Å². The number of thioether (sulfide) groups is 1. The van der Waals surface area contributed by atoms with Crippen LogP contribution in [0.4, 0.5) is 0 Å². The highest BCUT2D eigenvalue weighted by Gasteiger charge is 2.35. The smallest absolute Gasteiger partial charge is 0.263 e. The zero-order valence-electron chi connectivity index (χ0n) is 18.3. The number of hydrogen-bond donors (Lipinski definition) is 0. The minimum atomic E-state index is -0.237. The molecular weight excluding hydrogens is 454 g/mol. The molecule has 3 aliphatic rings. The maximum Gasteiger partial charge on any atom is 0.263 e. The van der Waals surface area contributed by atoms with E-state index in [4.69, 9.17) is 4.98 Å². The van der Waals surface area contributed by atoms with Crippen LogP contribution in [0.1, 0.15) is 75.7 Å². The van der Waals surface area contributed by atoms with Gasteiger partial charge in [-0.15, -0.1) is 11.3 Å². The Balaban J connectivity index is 1.31. The lowest BCUT2D eigenvalue weighted by Crippen LogP contribution is -2.32. The normalized spacial score (nSPS) is 18.4. The minimum absolute atomic E-state index is 0.106. The summed E-state index contributed by atoms with van der Waals surface area (Å²) in [7, 11) is 0. The zero-order valence-corrected chi connectivity index (χ0v) is 20.0. The van der Waals surface area contributed by atoms with Crippen molar-refractivity contribution >= 4 is 45.1 Å². The molecule has 6 rings (SSSR count). The van der Waals surface area contributed by atoms with Crippen LogP contribution in [0.5, 0.6) is 0 Å². The Morgan fingerprint density at radius 3 is 2.39 bits per heavy atom. The molecule has 2 aliphatic carbocycles. The van der Waals surface area contributed by atoms with Gasteiger partial charge in [-0.05, 0) is 56.2 Å². The number of carbonyl (C=O) groups excluding carboxylic acids is 2. The third kappa shape index (κ3) is 3.46. The van der Waals surface area contributed by atoms with Crippen molar-refractivity contribution in [2.75, 3.05) is 12.3 Å². The second kappa shape index (κ2) is 8.40. The van der Waals surface area contributed by atoms with Crippen LogP contribution in [0.2, 0.25) is 0 Å². The first-order valence-corrected chi connectivity index (χ1v) is 13.6. The number of thiophene rings is 1. The second-order valence-electron chi connectivity index (χ2n) is 9.05. The summed E-state index contributed by atoms with van der Waals surface area (Å²) in [6.45, 7) is 0.302. The molecule has 170 valence electrons. The number of carbonyl (C=O) groups is 2. The molecule has 0 spiro atoms. The van der Waals surface area contributed by atoms with Gasteiger partial charge in [0.1, 0.15) is 4.83 Å². The molecule has 1 fully saturated rings. The minimum Gasteiger partial charge on any atom is -0.284 e. The fraction of sp³-hybridized carbons (Fsp3) is 0.440. The number of aromatic nitrogens is 2. The van der Waals surface area contributed by atoms with Gasteiger partial charge in [0, 0.05) is 23.2 Å². The Bertz CT molecular complexity index is 1300. The number of fused-ring (bicyclic) bond motifs is 4. The third-order valence-corrected chi connectivity index (χ3v) is 9.22. The maximum atomic E-state index is 13.7. The number of rotatable bonds is 5. The van der Waals surface area contributed by atoms with E-state index in [1.807, 2.05) is 4.57 Å². The summed E-state index contributed by atoms with van der Waals surface area (Å²) in [5, 5.41) is 1.57. The number of nitrogens with zero attached hydrogens (tertiary/aromatic N) is 3. The molecule has 2 amide bonds. The van der Waals surface area contributed by atoms with E-state index in [0.29, 0.717) is 23.4 Å². The summed E-state index contributed by atoms with van der Waals surface area (Å²) in [6.07, 6.45) is 8.62. The van der Waals surface area contributed by atoms with Crippen LogP contribution in [0.3, 0.4) is 0 Å². The van der Waals surface area contributed by atoms with Crippen LogP contribution < -0.4 is 5.56 Å². The van der Waals surface area contributed by atoms with Gasteiger partial charge in [0.05, 0.1) is 16.5 Å². The van der Waals surface area contributed by atoms with Gasteiger partial charge in [-0.1, -0.05) is 36.7 Å². The van der Waals surface area contributed by atoms with Crippen LogP contribution in [-0.2, 0) is 12.8 Å². The quantitative estimate of drug-likeness (QED) is 0.297. The van der Waals surface area contributed by atoms with Gasteiger partial charge < -0.3 is 0 Å². The van der Waals surface area contributed by atoms with Crippen molar-refractivity contribution in [1.29, 1.82) is 0 Å². The first-order valence-electron chi connectivity index (χ1n) is 11.8. The second-order valence-corrected chi connectivity index (χ2v) is 11.2. The number of benzene rings is 1. The van der Waals surface area contributed by atoms with Gasteiger partial charge in [0.2, 0.25) is 0 Å². The van der Waals surface area contributed by atoms with Crippen molar-refractivity contribution in [3.05, 3.63) is 56.2 Å². The van der Waals surface area contributed by atoms with E-state index in [2.05, 4.69) is 0 Å². The summed E-state index contributed by atoms with van der Waals surface area (Å²) in [6, 6.07) is 7.16. The monoisotopic (exact) mass is 479 g/mol. The third-order valence-electron chi connectivity index (χ3n) is 7.10. The molecular formula is C25H25N3O3S2. The van der Waals surface area contributed by atoms with E-state index in [-0.39, 0.29) is 23.4 Å². The van der Waals surface area contributed by atoms with Crippen LogP contribution in [-0.4, -0.2) is 38.6 Å². The zero-order chi connectivity index (χ0) is 22.5. The molecule has 3 heterocycles. The summed E-state index contributed by atoms with van der Waals surface area (Å²) < 4.78 is 1.93. The van der Waals surface area contributed by atoms with E-state index in [1.165, 1.54) is 33.5 Å². The Morgan fingerprint density at radius 1 is 0.970 bits per heavy atom. The van der Waals surface area contributed by atoms with E-state index < -0.39 is 0 Å². The molecule has 0 N–H and O–H groups in total. The maximum absolute atomic E-state index is 13.7. The Labute approximate surface area is 200 Å². The fourth-order valence-electron chi connectivity index (χ4n) is 5.46. The lowest BCUT2D eigenvalue weighted by Gasteiger charge is -2.19. The number of amides is 2. The Kier molecular flexibility index (Phi) is 5.37. The average molecular weight is 480 g/mol. The van der Waals surface area contributed by atoms with Gasteiger partial charge in [0.15, 0.2) is 5.16 Å². The van der Waals surface area contributed by atoms with Crippen molar-refractivity contribution in [1.82, 2.24) is 14.5 Å². The van der Waals surface area contributed by atoms with Gasteiger partial charge in [-0.2, -0.15) is 0 Å². The number of aryl methyl sites for hydroxylation is 2. The van der Waals surface area contributed by atoms with E-state index in [0.717, 1.165) is 60.3 Å². The molecule has 0 radical (unpaired) electrons. The molecule has 2 aromatic heterocycles. The van der Waals surface area contributed by atoms with Crippen molar-refractivity contribution in [3.8, 4) is 0 Å². The number of imide groups is 1. The molecule has 0 bridgehead atoms. The lowest BCUT2D eigenvalue weighted by molar-refractivity contribution is 0.0664. The Hall–Kier alpha value is -2.45. The molecule has 0 saturated heterocycles. The van der Waals surface area contributed by atoms with Crippen molar-refractivity contribution in [2.45, 2.75) is 62.6 Å². The molecule has 8 heteroatoms. The standard InChI is InChI=1S/C25H25N3O3S2/c29-22-16-9-3-4-10-17(16)23(30)27(22)13-14-32-25-26-21-20(18-11-5-6-12-19(18)33-21)24(31)28(25)15-7-1-2-8-15/h3-4,9-10,15H,1-2,5-8,11-14H2. The van der Waals surface area contributed by atoms with Crippen LogP contribution in [0.15, 0.2) is 34.2 Å². The highest BCUT2D eigenvalue weighted by atomic mass is 32.2. The summed E-state index contributed by atoms with van der Waals surface area (Å²) in [5.41, 5.74) is 2.28. The van der Waals surface area contributed by atoms with Crippen LogP contribution >= 0.6 is 23.1 Å². The molecule has 0 unspecified atom stereocenters. The molecule has 1 saturated carbocycles. The average Bonchev–Trinajstić information content (AvgIpc) is 3.53. The van der Waals surface area contributed by atoms with E-state index in [9.17, 15) is 14.4 Å². The van der Waals surface area contributed by atoms with Crippen molar-refractivity contribution in [3.63, 3.8) is 0 Å². The van der Waals surface area contributed by atoms with E-state index in [1.54, 1.807) is 35.6 Å². The molecule has 1 aromatic carbocycles. The van der Waals surface area contributed by atoms with Gasteiger partial charge in [0.25, 0.3) is 17.4 Å². The van der Waals surface area contributed by atoms with Crippen molar-refractivity contribution < 1.29 is 9.59 Å². The highest BCUT2D eigenvalue weighted by molar-refractivity contribution is 7.99. The first-order chi connectivity index (χ1) is 16.1. The molecule has 33 heavy (non-hydrogen) atoms. The lowest BCUT2D eigenvalue weighted by atomic mass is 9.97. The van der Waals surface area contributed by atoms with Crippen molar-refractivity contribution in [2.24, 2.45) is 0 Å². The SMILES string of the molecule is O=C1c2ccccc2C(=O)N1CCSc1nc2sc3c(c2c(=O)n1C1CCCC1)CCCC3. The Morgan fingerprint density at radius 2 is 1.67 bits per heavy atom. The first kappa shape index (κ1) is 21.1. The van der Waals surface area contributed by atoms with E-state index >= 15 is 0 Å². The summed E-state index contributed by atoms with van der Waals surface area (Å²) in [5.74, 6) is 0.0405. The fourth-order valence-corrected chi connectivity index (χ4v) is 7.75. The largest absolute Gasteiger partial charge is 0.284 e. The molecule has 6 nitrogen and oxygen atoms in total. The predicted molar refractivity (Wildman–Crippen MR) is 131 cm³/mol. The van der Waals surface area contributed by atoms with Crippen LogP contribution in [0.25, 0.3) is 10.2 Å². The molecule has 0 atom stereocenters. The topological polar surface area (TPSA) is 72.3 Å².